The first-order valence-corrected chi connectivity index (χ1v) is 7.82. The molecular formula is C16H22N2OS. The highest BCUT2D eigenvalue weighted by Crippen LogP contribution is 2.18. The Morgan fingerprint density at radius 3 is 2.85 bits per heavy atom. The lowest BCUT2D eigenvalue weighted by molar-refractivity contribution is 0.314. The fourth-order valence-electron chi connectivity index (χ4n) is 1.89. The molecule has 2 rings (SSSR count). The molecule has 108 valence electrons. The quantitative estimate of drug-likeness (QED) is 0.756. The molecule has 2 aromatic rings. The van der Waals surface area contributed by atoms with Crippen LogP contribution in [0.25, 0.3) is 0 Å². The second-order valence-electron chi connectivity index (χ2n) is 4.87. The maximum Gasteiger partial charge on any atom is 0.121 e. The number of nitrogens with zero attached hydrogens (tertiary/aromatic N) is 1. The summed E-state index contributed by atoms with van der Waals surface area (Å²) in [7, 11) is 4.07. The molecule has 0 aliphatic rings. The van der Waals surface area contributed by atoms with Crippen LogP contribution in [0, 0.1) is 0 Å². The smallest absolute Gasteiger partial charge is 0.121 e. The molecule has 0 bridgehead atoms. The lowest BCUT2D eigenvalue weighted by Crippen LogP contribution is -2.23. The van der Waals surface area contributed by atoms with Crippen molar-refractivity contribution in [2.45, 2.75) is 6.42 Å². The highest BCUT2D eigenvalue weighted by molar-refractivity contribution is 7.07. The van der Waals surface area contributed by atoms with Gasteiger partial charge in [0.05, 0.1) is 0 Å². The standard InChI is InChI=1S/C16H22N2OS/c1-18(2)15-4-3-5-16(12-15)19-10-9-17-8-6-14-7-11-20-13-14/h3-5,7,11-13,17H,6,8-10H2,1-2H3. The lowest BCUT2D eigenvalue weighted by Gasteiger charge is -2.14. The highest BCUT2D eigenvalue weighted by Gasteiger charge is 1.98. The van der Waals surface area contributed by atoms with Gasteiger partial charge in [0, 0.05) is 32.4 Å². The van der Waals surface area contributed by atoms with Crippen molar-refractivity contribution in [1.82, 2.24) is 5.32 Å². The maximum atomic E-state index is 5.75. The fraction of sp³-hybridized carbons (Fsp3) is 0.375. The van der Waals surface area contributed by atoms with E-state index in [9.17, 15) is 0 Å². The number of hydrogen-bond donors (Lipinski definition) is 1. The SMILES string of the molecule is CN(C)c1cccc(OCCNCCc2ccsc2)c1. The van der Waals surface area contributed by atoms with E-state index in [-0.39, 0.29) is 0 Å². The Bertz CT molecular complexity index is 497. The summed E-state index contributed by atoms with van der Waals surface area (Å²) in [4.78, 5) is 2.08. The summed E-state index contributed by atoms with van der Waals surface area (Å²) in [6.07, 6.45) is 1.08. The zero-order valence-electron chi connectivity index (χ0n) is 12.1. The van der Waals surface area contributed by atoms with Crippen molar-refractivity contribution in [3.05, 3.63) is 46.7 Å². The molecule has 0 saturated heterocycles. The van der Waals surface area contributed by atoms with Crippen LogP contribution in [-0.4, -0.2) is 33.8 Å². The Labute approximate surface area is 125 Å². The molecule has 0 aliphatic carbocycles. The first-order valence-electron chi connectivity index (χ1n) is 6.87. The minimum absolute atomic E-state index is 0.695. The largest absolute Gasteiger partial charge is 0.492 e. The number of ether oxygens (including phenoxy) is 1. The van der Waals surface area contributed by atoms with Crippen LogP contribution in [0.1, 0.15) is 5.56 Å². The summed E-state index contributed by atoms with van der Waals surface area (Å²) >= 11 is 1.75. The predicted molar refractivity (Wildman–Crippen MR) is 87.2 cm³/mol. The molecule has 0 unspecified atom stereocenters. The van der Waals surface area contributed by atoms with Gasteiger partial charge in [-0.25, -0.2) is 0 Å². The van der Waals surface area contributed by atoms with Crippen LogP contribution < -0.4 is 15.0 Å². The van der Waals surface area contributed by atoms with Crippen molar-refractivity contribution >= 4 is 17.0 Å². The van der Waals surface area contributed by atoms with Gasteiger partial charge in [0.2, 0.25) is 0 Å². The Balaban J connectivity index is 1.62. The second-order valence-corrected chi connectivity index (χ2v) is 5.65. The molecule has 1 aromatic heterocycles. The lowest BCUT2D eigenvalue weighted by atomic mass is 10.2. The Morgan fingerprint density at radius 1 is 1.20 bits per heavy atom. The van der Waals surface area contributed by atoms with Gasteiger partial charge < -0.3 is 15.0 Å². The predicted octanol–water partition coefficient (Wildman–Crippen LogP) is 3.03. The third-order valence-electron chi connectivity index (χ3n) is 3.05. The molecule has 0 amide bonds. The summed E-state index contributed by atoms with van der Waals surface area (Å²) < 4.78 is 5.75. The van der Waals surface area contributed by atoms with Crippen LogP contribution in [0.2, 0.25) is 0 Å². The van der Waals surface area contributed by atoms with E-state index >= 15 is 0 Å². The van der Waals surface area contributed by atoms with E-state index in [0.717, 1.165) is 30.9 Å². The van der Waals surface area contributed by atoms with E-state index in [1.807, 2.05) is 26.2 Å². The number of rotatable bonds is 8. The molecule has 0 aliphatic heterocycles. The van der Waals surface area contributed by atoms with E-state index in [2.05, 4.69) is 39.2 Å². The van der Waals surface area contributed by atoms with Crippen molar-refractivity contribution in [1.29, 1.82) is 0 Å². The van der Waals surface area contributed by atoms with Gasteiger partial charge in [0.25, 0.3) is 0 Å². The molecule has 1 aromatic carbocycles. The van der Waals surface area contributed by atoms with Gasteiger partial charge >= 0.3 is 0 Å². The number of benzene rings is 1. The molecule has 0 saturated carbocycles. The van der Waals surface area contributed by atoms with Crippen LogP contribution in [-0.2, 0) is 6.42 Å². The van der Waals surface area contributed by atoms with Crippen molar-refractivity contribution in [3.8, 4) is 5.75 Å². The monoisotopic (exact) mass is 290 g/mol. The summed E-state index contributed by atoms with van der Waals surface area (Å²) in [5.41, 5.74) is 2.56. The topological polar surface area (TPSA) is 24.5 Å². The van der Waals surface area contributed by atoms with Gasteiger partial charge in [0.15, 0.2) is 0 Å². The van der Waals surface area contributed by atoms with Gasteiger partial charge in [-0.2, -0.15) is 11.3 Å². The molecule has 0 atom stereocenters. The number of thiophene rings is 1. The van der Waals surface area contributed by atoms with Crippen LogP contribution in [0.3, 0.4) is 0 Å². The minimum Gasteiger partial charge on any atom is -0.492 e. The maximum absolute atomic E-state index is 5.75. The van der Waals surface area contributed by atoms with Crippen molar-refractivity contribution in [3.63, 3.8) is 0 Å². The first kappa shape index (κ1) is 14.9. The third kappa shape index (κ3) is 4.87. The summed E-state index contributed by atoms with van der Waals surface area (Å²) in [5.74, 6) is 0.927. The van der Waals surface area contributed by atoms with E-state index in [4.69, 9.17) is 4.74 Å². The normalized spacial score (nSPS) is 10.5. The Morgan fingerprint density at radius 2 is 2.10 bits per heavy atom. The molecule has 4 heteroatoms. The van der Waals surface area contributed by atoms with E-state index in [1.165, 1.54) is 5.56 Å². The Hall–Kier alpha value is -1.52. The number of anilines is 1. The van der Waals surface area contributed by atoms with E-state index in [0.29, 0.717) is 6.61 Å². The van der Waals surface area contributed by atoms with Crippen LogP contribution in [0.15, 0.2) is 41.1 Å². The summed E-state index contributed by atoms with van der Waals surface area (Å²) in [5, 5.41) is 7.72. The van der Waals surface area contributed by atoms with Gasteiger partial charge in [-0.1, -0.05) is 6.07 Å². The zero-order valence-corrected chi connectivity index (χ0v) is 13.0. The fourth-order valence-corrected chi connectivity index (χ4v) is 2.59. The Kier molecular flexibility index (Phi) is 5.89. The molecule has 0 radical (unpaired) electrons. The zero-order chi connectivity index (χ0) is 14.2. The number of hydrogen-bond acceptors (Lipinski definition) is 4. The molecule has 1 N–H and O–H groups in total. The van der Waals surface area contributed by atoms with Crippen LogP contribution in [0.4, 0.5) is 5.69 Å². The van der Waals surface area contributed by atoms with Crippen LogP contribution >= 0.6 is 11.3 Å². The molecular weight excluding hydrogens is 268 g/mol. The summed E-state index contributed by atoms with van der Waals surface area (Å²) in [6, 6.07) is 10.3. The average molecular weight is 290 g/mol. The highest BCUT2D eigenvalue weighted by atomic mass is 32.1. The number of nitrogens with one attached hydrogen (secondary N) is 1. The third-order valence-corrected chi connectivity index (χ3v) is 3.78. The van der Waals surface area contributed by atoms with E-state index < -0.39 is 0 Å². The van der Waals surface area contributed by atoms with Crippen molar-refractivity contribution < 1.29 is 4.74 Å². The second kappa shape index (κ2) is 7.92. The minimum atomic E-state index is 0.695. The van der Waals surface area contributed by atoms with Crippen molar-refractivity contribution in [2.24, 2.45) is 0 Å². The van der Waals surface area contributed by atoms with Gasteiger partial charge in [-0.05, 0) is 47.5 Å². The molecule has 3 nitrogen and oxygen atoms in total. The molecule has 0 spiro atoms. The van der Waals surface area contributed by atoms with Crippen molar-refractivity contribution in [2.75, 3.05) is 38.7 Å². The van der Waals surface area contributed by atoms with Crippen LogP contribution in [0.5, 0.6) is 5.75 Å². The van der Waals surface area contributed by atoms with Gasteiger partial charge in [-0.3, -0.25) is 0 Å². The molecule has 1 heterocycles. The first-order chi connectivity index (χ1) is 9.75. The van der Waals surface area contributed by atoms with E-state index in [1.54, 1.807) is 11.3 Å². The molecule has 20 heavy (non-hydrogen) atoms. The summed E-state index contributed by atoms with van der Waals surface area (Å²) in [6.45, 7) is 2.56. The molecule has 0 fully saturated rings. The average Bonchev–Trinajstić information content (AvgIpc) is 2.96. The van der Waals surface area contributed by atoms with Gasteiger partial charge in [-0.15, -0.1) is 0 Å². The van der Waals surface area contributed by atoms with Gasteiger partial charge in [0.1, 0.15) is 12.4 Å².